The van der Waals surface area contributed by atoms with E-state index in [0.29, 0.717) is 12.5 Å². The lowest BCUT2D eigenvalue weighted by Crippen LogP contribution is -2.49. The first-order valence-corrected chi connectivity index (χ1v) is 8.86. The number of carbonyl (C=O) groups excluding carboxylic acids is 1. The van der Waals surface area contributed by atoms with Crippen LogP contribution in [0.5, 0.6) is 0 Å². The van der Waals surface area contributed by atoms with Gasteiger partial charge < -0.3 is 9.80 Å². The van der Waals surface area contributed by atoms with Gasteiger partial charge in [-0.25, -0.2) is 8.78 Å². The van der Waals surface area contributed by atoms with Gasteiger partial charge >= 0.3 is 0 Å². The van der Waals surface area contributed by atoms with E-state index in [1.54, 1.807) is 11.0 Å². The van der Waals surface area contributed by atoms with E-state index in [2.05, 4.69) is 18.7 Å². The molecule has 2 heterocycles. The quantitative estimate of drug-likeness (QED) is 0.841. The van der Waals surface area contributed by atoms with Crippen molar-refractivity contribution in [2.24, 2.45) is 11.3 Å². The summed E-state index contributed by atoms with van der Waals surface area (Å²) in [4.78, 5) is 17.2. The Kier molecular flexibility index (Phi) is 4.90. The van der Waals surface area contributed by atoms with E-state index < -0.39 is 11.6 Å². The van der Waals surface area contributed by atoms with Gasteiger partial charge in [0.2, 0.25) is 5.91 Å². The fourth-order valence-electron chi connectivity index (χ4n) is 4.19. The maximum absolute atomic E-state index is 13.9. The van der Waals surface area contributed by atoms with Crippen molar-refractivity contribution in [2.45, 2.75) is 39.7 Å². The largest absolute Gasteiger partial charge is 0.338 e. The van der Waals surface area contributed by atoms with Crippen molar-refractivity contribution in [3.8, 4) is 0 Å². The Bertz CT molecular complexity index is 619. The van der Waals surface area contributed by atoms with Gasteiger partial charge in [0.25, 0.3) is 0 Å². The molecule has 1 spiro atoms. The van der Waals surface area contributed by atoms with E-state index in [-0.39, 0.29) is 23.4 Å². The Labute approximate surface area is 142 Å². The zero-order chi connectivity index (χ0) is 17.3. The molecule has 1 amide bonds. The first-order chi connectivity index (χ1) is 11.4. The number of rotatable bonds is 4. The fourth-order valence-corrected chi connectivity index (χ4v) is 4.19. The minimum Gasteiger partial charge on any atom is -0.338 e. The Morgan fingerprint density at radius 3 is 2.75 bits per heavy atom. The maximum atomic E-state index is 13.9. The third kappa shape index (κ3) is 3.32. The lowest BCUT2D eigenvalue weighted by Gasteiger charge is -2.39. The third-order valence-electron chi connectivity index (χ3n) is 5.27. The minimum atomic E-state index is -0.851. The molecule has 5 heteroatoms. The van der Waals surface area contributed by atoms with E-state index in [0.717, 1.165) is 45.0 Å². The summed E-state index contributed by atoms with van der Waals surface area (Å²) in [6.07, 6.45) is 2.71. The molecule has 3 nitrogen and oxygen atoms in total. The monoisotopic (exact) mass is 336 g/mol. The lowest BCUT2D eigenvalue weighted by molar-refractivity contribution is -0.146. The smallest absolute Gasteiger partial charge is 0.230 e. The lowest BCUT2D eigenvalue weighted by atomic mass is 9.78. The van der Waals surface area contributed by atoms with Crippen molar-refractivity contribution in [2.75, 3.05) is 26.2 Å². The SMILES string of the molecule is CC(C)CN1CCC2(CCCN(Cc3cccc(F)c3F)C2=O)C1. The van der Waals surface area contributed by atoms with Gasteiger partial charge in [0, 0.05) is 31.7 Å². The predicted molar refractivity (Wildman–Crippen MR) is 89.3 cm³/mol. The predicted octanol–water partition coefficient (Wildman–Crippen LogP) is 3.44. The molecule has 2 saturated heterocycles. The molecular formula is C19H26F2N2O. The Morgan fingerprint density at radius 2 is 2.00 bits per heavy atom. The third-order valence-corrected chi connectivity index (χ3v) is 5.27. The molecule has 0 N–H and O–H groups in total. The molecule has 1 aromatic carbocycles. The Morgan fingerprint density at radius 1 is 1.21 bits per heavy atom. The van der Waals surface area contributed by atoms with Gasteiger partial charge in [-0.05, 0) is 37.8 Å². The van der Waals surface area contributed by atoms with Crippen molar-refractivity contribution in [3.05, 3.63) is 35.4 Å². The molecule has 1 atom stereocenters. The molecule has 0 bridgehead atoms. The van der Waals surface area contributed by atoms with Crippen LogP contribution in [0.15, 0.2) is 18.2 Å². The van der Waals surface area contributed by atoms with Crippen LogP contribution in [0, 0.1) is 23.0 Å². The summed E-state index contributed by atoms with van der Waals surface area (Å²) < 4.78 is 27.3. The standard InChI is InChI=1S/C19H26F2N2O/c1-14(2)11-22-10-8-19(13-22)7-4-9-23(18(19)24)12-15-5-3-6-16(20)17(15)21/h3,5-6,14H,4,7-13H2,1-2H3. The number of hydrogen-bond donors (Lipinski definition) is 0. The van der Waals surface area contributed by atoms with Crippen LogP contribution in [-0.4, -0.2) is 41.9 Å². The average Bonchev–Trinajstić information content (AvgIpc) is 2.92. The molecule has 0 radical (unpaired) electrons. The first-order valence-electron chi connectivity index (χ1n) is 8.86. The summed E-state index contributed by atoms with van der Waals surface area (Å²) in [6.45, 7) is 7.92. The second-order valence-corrected chi connectivity index (χ2v) is 7.70. The molecule has 24 heavy (non-hydrogen) atoms. The average molecular weight is 336 g/mol. The molecule has 132 valence electrons. The van der Waals surface area contributed by atoms with Gasteiger partial charge in [-0.1, -0.05) is 26.0 Å². The molecule has 0 aromatic heterocycles. The van der Waals surface area contributed by atoms with Crippen LogP contribution < -0.4 is 0 Å². The van der Waals surface area contributed by atoms with Crippen molar-refractivity contribution < 1.29 is 13.6 Å². The molecule has 2 aliphatic heterocycles. The highest BCUT2D eigenvalue weighted by Crippen LogP contribution is 2.40. The van der Waals surface area contributed by atoms with Crippen LogP contribution in [0.1, 0.15) is 38.7 Å². The normalized spacial score (nSPS) is 25.2. The zero-order valence-electron chi connectivity index (χ0n) is 14.5. The summed E-state index contributed by atoms with van der Waals surface area (Å²) in [6, 6.07) is 4.17. The van der Waals surface area contributed by atoms with Gasteiger partial charge in [0.05, 0.1) is 5.41 Å². The van der Waals surface area contributed by atoms with Crippen LogP contribution >= 0.6 is 0 Å². The first kappa shape index (κ1) is 17.3. The van der Waals surface area contributed by atoms with Crippen molar-refractivity contribution in [3.63, 3.8) is 0 Å². The molecule has 2 aliphatic rings. The molecule has 1 aromatic rings. The van der Waals surface area contributed by atoms with Crippen LogP contribution in [0.2, 0.25) is 0 Å². The van der Waals surface area contributed by atoms with Crippen molar-refractivity contribution >= 4 is 5.91 Å². The van der Waals surface area contributed by atoms with E-state index in [4.69, 9.17) is 0 Å². The number of likely N-dealkylation sites (tertiary alicyclic amines) is 2. The van der Waals surface area contributed by atoms with Crippen LogP contribution in [0.25, 0.3) is 0 Å². The van der Waals surface area contributed by atoms with E-state index in [1.807, 2.05) is 0 Å². The fraction of sp³-hybridized carbons (Fsp3) is 0.632. The van der Waals surface area contributed by atoms with Crippen molar-refractivity contribution in [1.29, 1.82) is 0 Å². The highest BCUT2D eigenvalue weighted by Gasteiger charge is 2.48. The molecule has 0 aliphatic carbocycles. The van der Waals surface area contributed by atoms with Crippen LogP contribution in [-0.2, 0) is 11.3 Å². The van der Waals surface area contributed by atoms with Crippen molar-refractivity contribution in [1.82, 2.24) is 9.80 Å². The summed E-state index contributed by atoms with van der Waals surface area (Å²) in [5, 5.41) is 0. The van der Waals surface area contributed by atoms with Crippen LogP contribution in [0.3, 0.4) is 0 Å². The topological polar surface area (TPSA) is 23.6 Å². The van der Waals surface area contributed by atoms with E-state index in [1.165, 1.54) is 6.07 Å². The van der Waals surface area contributed by atoms with Gasteiger partial charge in [0.15, 0.2) is 11.6 Å². The summed E-state index contributed by atoms with van der Waals surface area (Å²) >= 11 is 0. The van der Waals surface area contributed by atoms with Gasteiger partial charge in [0.1, 0.15) is 0 Å². The highest BCUT2D eigenvalue weighted by atomic mass is 19.2. The number of carbonyl (C=O) groups is 1. The van der Waals surface area contributed by atoms with Gasteiger partial charge in [-0.2, -0.15) is 0 Å². The second kappa shape index (κ2) is 6.79. The molecule has 1 unspecified atom stereocenters. The Hall–Kier alpha value is -1.49. The number of benzene rings is 1. The Balaban J connectivity index is 1.73. The maximum Gasteiger partial charge on any atom is 0.230 e. The number of amides is 1. The minimum absolute atomic E-state index is 0.115. The number of nitrogens with zero attached hydrogens (tertiary/aromatic N) is 2. The molecule has 0 saturated carbocycles. The summed E-state index contributed by atoms with van der Waals surface area (Å²) in [5.74, 6) is -0.992. The van der Waals surface area contributed by atoms with E-state index in [9.17, 15) is 13.6 Å². The summed E-state index contributed by atoms with van der Waals surface area (Å²) in [5.41, 5.74) is -0.0610. The van der Waals surface area contributed by atoms with E-state index >= 15 is 0 Å². The van der Waals surface area contributed by atoms with Crippen LogP contribution in [0.4, 0.5) is 8.78 Å². The number of halogens is 2. The second-order valence-electron chi connectivity index (χ2n) is 7.70. The summed E-state index contributed by atoms with van der Waals surface area (Å²) in [7, 11) is 0. The number of hydrogen-bond acceptors (Lipinski definition) is 2. The molecule has 3 rings (SSSR count). The van der Waals surface area contributed by atoms with Gasteiger partial charge in [-0.15, -0.1) is 0 Å². The van der Waals surface area contributed by atoms with Gasteiger partial charge in [-0.3, -0.25) is 4.79 Å². The highest BCUT2D eigenvalue weighted by molar-refractivity contribution is 5.84. The number of piperidine rings is 1. The molecule has 2 fully saturated rings. The zero-order valence-corrected chi connectivity index (χ0v) is 14.5. The molecular weight excluding hydrogens is 310 g/mol.